The number of hydrogen-bond acceptors (Lipinski definition) is 4. The number of ether oxygens (including phenoxy) is 1. The molecule has 0 amide bonds. The molecule has 1 unspecified atom stereocenters. The van der Waals surface area contributed by atoms with Gasteiger partial charge in [0.25, 0.3) is 0 Å². The van der Waals surface area contributed by atoms with Gasteiger partial charge in [0.15, 0.2) is 0 Å². The first-order valence-electron chi connectivity index (χ1n) is 4.17. The zero-order valence-electron chi connectivity index (χ0n) is 7.87. The molecule has 0 N–H and O–H groups in total. The molecule has 0 bridgehead atoms. The van der Waals surface area contributed by atoms with Gasteiger partial charge in [-0.15, -0.1) is 0 Å². The summed E-state index contributed by atoms with van der Waals surface area (Å²) in [7, 11) is 0. The first-order valence-corrected chi connectivity index (χ1v) is 4.17. The van der Waals surface area contributed by atoms with Crippen molar-refractivity contribution in [2.75, 3.05) is 6.61 Å². The van der Waals surface area contributed by atoms with Crippen LogP contribution in [0.4, 0.5) is 0 Å². The van der Waals surface area contributed by atoms with Gasteiger partial charge in [-0.05, 0) is 20.3 Å². The molecular weight excluding hydrogens is 170 g/mol. The summed E-state index contributed by atoms with van der Waals surface area (Å²) in [6, 6.07) is 1.89. The summed E-state index contributed by atoms with van der Waals surface area (Å²) < 4.78 is 4.69. The minimum absolute atomic E-state index is 0.197. The van der Waals surface area contributed by atoms with Gasteiger partial charge in [-0.2, -0.15) is 5.26 Å². The van der Waals surface area contributed by atoms with Crippen LogP contribution in [-0.4, -0.2) is 18.4 Å². The van der Waals surface area contributed by atoms with Crippen molar-refractivity contribution in [2.24, 2.45) is 5.92 Å². The van der Waals surface area contributed by atoms with Gasteiger partial charge >= 0.3 is 5.97 Å². The van der Waals surface area contributed by atoms with Gasteiger partial charge in [0.05, 0.1) is 12.7 Å². The molecule has 0 aromatic heterocycles. The molecule has 13 heavy (non-hydrogen) atoms. The van der Waals surface area contributed by atoms with Crippen LogP contribution in [0.15, 0.2) is 0 Å². The van der Waals surface area contributed by atoms with Crippen molar-refractivity contribution in [3.63, 3.8) is 0 Å². The van der Waals surface area contributed by atoms with E-state index in [2.05, 4.69) is 0 Å². The molecule has 0 aromatic carbocycles. The maximum Gasteiger partial charge on any atom is 0.316 e. The fourth-order valence-electron chi connectivity index (χ4n) is 0.939. The Bertz CT molecular complexity index is 230. The average molecular weight is 183 g/mol. The molecule has 4 heteroatoms. The number of carbonyl (C=O) groups excluding carboxylic acids is 2. The molecule has 0 heterocycles. The van der Waals surface area contributed by atoms with Gasteiger partial charge < -0.3 is 4.74 Å². The Morgan fingerprint density at radius 3 is 2.54 bits per heavy atom. The Morgan fingerprint density at radius 2 is 2.15 bits per heavy atom. The van der Waals surface area contributed by atoms with Gasteiger partial charge in [-0.3, -0.25) is 9.59 Å². The van der Waals surface area contributed by atoms with Crippen LogP contribution in [0.2, 0.25) is 0 Å². The van der Waals surface area contributed by atoms with E-state index in [1.165, 1.54) is 6.92 Å². The van der Waals surface area contributed by atoms with Crippen molar-refractivity contribution >= 4 is 11.8 Å². The lowest BCUT2D eigenvalue weighted by Gasteiger charge is -2.09. The highest BCUT2D eigenvalue weighted by atomic mass is 16.5. The molecule has 0 aliphatic rings. The normalized spacial score (nSPS) is 11.5. The van der Waals surface area contributed by atoms with Crippen molar-refractivity contribution in [1.82, 2.24) is 0 Å². The number of nitrogens with zero attached hydrogens (tertiary/aromatic N) is 1. The molecule has 0 spiro atoms. The van der Waals surface area contributed by atoms with Gasteiger partial charge in [-0.1, -0.05) is 0 Å². The van der Waals surface area contributed by atoms with Crippen LogP contribution < -0.4 is 0 Å². The zero-order chi connectivity index (χ0) is 10.3. The highest BCUT2D eigenvalue weighted by molar-refractivity contribution is 5.97. The second-order valence-corrected chi connectivity index (χ2v) is 2.61. The molecule has 0 saturated carbocycles. The monoisotopic (exact) mass is 183 g/mol. The molecule has 72 valence electrons. The van der Waals surface area contributed by atoms with Gasteiger partial charge in [0.1, 0.15) is 11.7 Å². The number of rotatable bonds is 5. The smallest absolute Gasteiger partial charge is 0.316 e. The molecule has 0 aromatic rings. The van der Waals surface area contributed by atoms with E-state index < -0.39 is 11.9 Å². The number of esters is 1. The van der Waals surface area contributed by atoms with E-state index in [4.69, 9.17) is 10.00 Å². The van der Waals surface area contributed by atoms with Gasteiger partial charge in [0, 0.05) is 6.42 Å². The fraction of sp³-hybridized carbons (Fsp3) is 0.667. The van der Waals surface area contributed by atoms with E-state index in [0.29, 0.717) is 0 Å². The molecule has 0 fully saturated rings. The van der Waals surface area contributed by atoms with Crippen LogP contribution in [0.5, 0.6) is 0 Å². The van der Waals surface area contributed by atoms with E-state index in [0.717, 1.165) is 0 Å². The first-order chi connectivity index (χ1) is 6.13. The van der Waals surface area contributed by atoms with Crippen molar-refractivity contribution in [2.45, 2.75) is 26.7 Å². The molecule has 1 atom stereocenters. The van der Waals surface area contributed by atoms with Crippen LogP contribution in [0.1, 0.15) is 26.7 Å². The SMILES string of the molecule is CCOC(=O)C(CCC#N)C(C)=O. The highest BCUT2D eigenvalue weighted by Gasteiger charge is 2.23. The number of Topliss-reactive ketones (excluding diaryl/α,β-unsaturated/α-hetero) is 1. The third kappa shape index (κ3) is 4.26. The Balaban J connectivity index is 4.17. The van der Waals surface area contributed by atoms with Crippen molar-refractivity contribution < 1.29 is 14.3 Å². The lowest BCUT2D eigenvalue weighted by atomic mass is 10.00. The Hall–Kier alpha value is -1.37. The second-order valence-electron chi connectivity index (χ2n) is 2.61. The Morgan fingerprint density at radius 1 is 1.54 bits per heavy atom. The van der Waals surface area contributed by atoms with Gasteiger partial charge in [0.2, 0.25) is 0 Å². The topological polar surface area (TPSA) is 67.2 Å². The average Bonchev–Trinajstić information content (AvgIpc) is 2.05. The Labute approximate surface area is 77.5 Å². The summed E-state index contributed by atoms with van der Waals surface area (Å²) in [5.41, 5.74) is 0. The maximum absolute atomic E-state index is 11.1. The minimum atomic E-state index is -0.764. The number of carbonyl (C=O) groups is 2. The summed E-state index contributed by atoms with van der Waals surface area (Å²) >= 11 is 0. The lowest BCUT2D eigenvalue weighted by molar-refractivity contribution is -0.151. The largest absolute Gasteiger partial charge is 0.465 e. The fourth-order valence-corrected chi connectivity index (χ4v) is 0.939. The molecular formula is C9H13NO3. The lowest BCUT2D eigenvalue weighted by Crippen LogP contribution is -2.24. The summed E-state index contributed by atoms with van der Waals surface area (Å²) in [5.74, 6) is -1.53. The summed E-state index contributed by atoms with van der Waals surface area (Å²) in [4.78, 5) is 22.1. The highest BCUT2D eigenvalue weighted by Crippen LogP contribution is 2.09. The minimum Gasteiger partial charge on any atom is -0.465 e. The summed E-state index contributed by atoms with van der Waals surface area (Å²) in [6.45, 7) is 3.27. The summed E-state index contributed by atoms with van der Waals surface area (Å²) in [6.07, 6.45) is 0.452. The maximum atomic E-state index is 11.1. The number of ketones is 1. The van der Waals surface area contributed by atoms with E-state index in [1.807, 2.05) is 6.07 Å². The second kappa shape index (κ2) is 6.18. The third-order valence-corrected chi connectivity index (χ3v) is 1.61. The molecule has 0 aliphatic carbocycles. The molecule has 0 radical (unpaired) electrons. The van der Waals surface area contributed by atoms with Crippen LogP contribution in [0, 0.1) is 17.2 Å². The van der Waals surface area contributed by atoms with Crippen LogP contribution in [0.3, 0.4) is 0 Å². The predicted octanol–water partition coefficient (Wildman–Crippen LogP) is 1.06. The van der Waals surface area contributed by atoms with Crippen molar-refractivity contribution in [1.29, 1.82) is 5.26 Å². The standard InChI is InChI=1S/C9H13NO3/c1-3-13-9(12)8(7(2)11)5-4-6-10/h8H,3-5H2,1-2H3. The van der Waals surface area contributed by atoms with E-state index in [-0.39, 0.29) is 25.2 Å². The number of nitriles is 1. The van der Waals surface area contributed by atoms with Crippen LogP contribution in [0.25, 0.3) is 0 Å². The molecule has 4 nitrogen and oxygen atoms in total. The van der Waals surface area contributed by atoms with Crippen LogP contribution >= 0.6 is 0 Å². The number of hydrogen-bond donors (Lipinski definition) is 0. The quantitative estimate of drug-likeness (QED) is 0.472. The van der Waals surface area contributed by atoms with E-state index in [9.17, 15) is 9.59 Å². The van der Waals surface area contributed by atoms with Crippen molar-refractivity contribution in [3.8, 4) is 6.07 Å². The molecule has 0 rings (SSSR count). The van der Waals surface area contributed by atoms with Gasteiger partial charge in [-0.25, -0.2) is 0 Å². The van der Waals surface area contributed by atoms with E-state index >= 15 is 0 Å². The first kappa shape index (κ1) is 11.6. The molecule has 0 aliphatic heterocycles. The summed E-state index contributed by atoms with van der Waals surface area (Å²) in [5, 5.41) is 8.30. The van der Waals surface area contributed by atoms with Crippen LogP contribution in [-0.2, 0) is 14.3 Å². The Kier molecular flexibility index (Phi) is 5.53. The van der Waals surface area contributed by atoms with E-state index in [1.54, 1.807) is 6.92 Å². The zero-order valence-corrected chi connectivity index (χ0v) is 7.87. The third-order valence-electron chi connectivity index (χ3n) is 1.61. The molecule has 0 saturated heterocycles. The predicted molar refractivity (Wildman–Crippen MR) is 45.7 cm³/mol. The van der Waals surface area contributed by atoms with Crippen molar-refractivity contribution in [3.05, 3.63) is 0 Å².